The zero-order valence-corrected chi connectivity index (χ0v) is 16.3. The Morgan fingerprint density at radius 2 is 1.93 bits per heavy atom. The number of hydrogen-bond acceptors (Lipinski definition) is 5. The van der Waals surface area contributed by atoms with Crippen LogP contribution in [0.4, 0.5) is 0 Å². The first kappa shape index (κ1) is 17.0. The van der Waals surface area contributed by atoms with E-state index >= 15 is 0 Å². The topological polar surface area (TPSA) is 61.2 Å². The smallest absolute Gasteiger partial charge is 0.225 e. The van der Waals surface area contributed by atoms with Crippen molar-refractivity contribution >= 4 is 0 Å². The van der Waals surface area contributed by atoms with E-state index in [1.54, 1.807) is 6.20 Å². The molecule has 1 N–H and O–H groups in total. The molecule has 0 radical (unpaired) electrons. The molecule has 1 unspecified atom stereocenters. The highest BCUT2D eigenvalue weighted by molar-refractivity contribution is 5.74. The Morgan fingerprint density at radius 1 is 1.07 bits per heavy atom. The van der Waals surface area contributed by atoms with Crippen LogP contribution in [-0.2, 0) is 6.61 Å². The zero-order valence-electron chi connectivity index (χ0n) is 16.3. The van der Waals surface area contributed by atoms with Crippen LogP contribution < -0.4 is 14.8 Å². The minimum absolute atomic E-state index is 0.240. The van der Waals surface area contributed by atoms with Crippen LogP contribution >= 0.6 is 0 Å². The van der Waals surface area contributed by atoms with Crippen LogP contribution in [0.2, 0.25) is 0 Å². The van der Waals surface area contributed by atoms with Crippen molar-refractivity contribution in [3.8, 4) is 28.6 Å². The van der Waals surface area contributed by atoms with Crippen molar-refractivity contribution in [3.63, 3.8) is 0 Å². The Kier molecular flexibility index (Phi) is 4.04. The van der Waals surface area contributed by atoms with Crippen molar-refractivity contribution in [2.45, 2.75) is 56.9 Å². The summed E-state index contributed by atoms with van der Waals surface area (Å²) in [7, 11) is 0. The van der Waals surface area contributed by atoms with Crippen LogP contribution in [0.1, 0.15) is 37.7 Å². The van der Waals surface area contributed by atoms with Gasteiger partial charge in [0.15, 0.2) is 0 Å². The van der Waals surface area contributed by atoms with Crippen molar-refractivity contribution in [1.29, 1.82) is 0 Å². The molecule has 2 saturated heterocycles. The summed E-state index contributed by atoms with van der Waals surface area (Å²) >= 11 is 0. The number of benzene rings is 1. The number of ether oxygens (including phenoxy) is 2. The molecule has 29 heavy (non-hydrogen) atoms. The molecule has 2 fully saturated rings. The lowest BCUT2D eigenvalue weighted by molar-refractivity contribution is 0.0881. The summed E-state index contributed by atoms with van der Waals surface area (Å²) in [5, 5.41) is 8.02. The lowest BCUT2D eigenvalue weighted by Gasteiger charge is -2.40. The highest BCUT2D eigenvalue weighted by Gasteiger charge is 2.32. The number of nitrogens with zero attached hydrogens (tertiary/aromatic N) is 3. The maximum Gasteiger partial charge on any atom is 0.225 e. The third-order valence-electron chi connectivity index (χ3n) is 6.31. The molecule has 0 saturated carbocycles. The van der Waals surface area contributed by atoms with E-state index in [0.717, 1.165) is 35.2 Å². The van der Waals surface area contributed by atoms with Gasteiger partial charge in [-0.3, -0.25) is 0 Å². The second-order valence-corrected chi connectivity index (χ2v) is 8.29. The largest absolute Gasteiger partial charge is 0.474 e. The van der Waals surface area contributed by atoms with E-state index in [4.69, 9.17) is 14.5 Å². The second-order valence-electron chi connectivity index (χ2n) is 8.29. The Bertz CT molecular complexity index is 1020. The molecule has 1 aromatic carbocycles. The molecule has 6 heteroatoms. The first-order chi connectivity index (χ1) is 14.3. The molecule has 0 spiro atoms. The van der Waals surface area contributed by atoms with Gasteiger partial charge in [0.2, 0.25) is 11.8 Å². The Hall–Kier alpha value is -2.86. The van der Waals surface area contributed by atoms with E-state index in [1.165, 1.54) is 19.3 Å². The Balaban J connectivity index is 1.24. The van der Waals surface area contributed by atoms with Gasteiger partial charge in [-0.25, -0.2) is 4.68 Å². The molecule has 2 bridgehead atoms. The molecule has 3 aliphatic heterocycles. The predicted molar refractivity (Wildman–Crippen MR) is 109 cm³/mol. The molecule has 0 aliphatic carbocycles. The number of rotatable bonds is 3. The van der Waals surface area contributed by atoms with Gasteiger partial charge in [-0.15, -0.1) is 0 Å². The van der Waals surface area contributed by atoms with Gasteiger partial charge in [0.05, 0.1) is 5.69 Å². The number of nitrogens with one attached hydrogen (secondary N) is 1. The van der Waals surface area contributed by atoms with Gasteiger partial charge >= 0.3 is 0 Å². The fourth-order valence-electron chi connectivity index (χ4n) is 4.96. The second kappa shape index (κ2) is 6.88. The SMILES string of the molecule is c1cnn(-c2ccc3c(c2)COc2nc(OC4C[C@H]5CCC[C@@H](C4)N5)ccc2-3)c1. The average Bonchev–Trinajstić information content (AvgIpc) is 3.28. The van der Waals surface area contributed by atoms with Gasteiger partial charge in [-0.2, -0.15) is 10.1 Å². The van der Waals surface area contributed by atoms with Gasteiger partial charge in [0.25, 0.3) is 0 Å². The summed E-state index contributed by atoms with van der Waals surface area (Å²) in [5.74, 6) is 1.33. The summed E-state index contributed by atoms with van der Waals surface area (Å²) in [6.45, 7) is 0.505. The summed E-state index contributed by atoms with van der Waals surface area (Å²) in [5.41, 5.74) is 4.36. The molecule has 5 heterocycles. The molecule has 6 nitrogen and oxygen atoms in total. The van der Waals surface area contributed by atoms with Gasteiger partial charge in [0.1, 0.15) is 12.7 Å². The highest BCUT2D eigenvalue weighted by Crippen LogP contribution is 2.38. The normalized spacial score (nSPS) is 24.9. The summed E-state index contributed by atoms with van der Waals surface area (Å²) < 4.78 is 14.1. The van der Waals surface area contributed by atoms with E-state index in [0.29, 0.717) is 30.5 Å². The summed E-state index contributed by atoms with van der Waals surface area (Å²) in [6, 6.07) is 13.5. The fourth-order valence-corrected chi connectivity index (χ4v) is 4.96. The first-order valence-corrected chi connectivity index (χ1v) is 10.5. The third kappa shape index (κ3) is 3.17. The molecular weight excluding hydrogens is 364 g/mol. The summed E-state index contributed by atoms with van der Waals surface area (Å²) in [6.07, 6.45) is 9.95. The van der Waals surface area contributed by atoms with Crippen LogP contribution in [0.25, 0.3) is 16.8 Å². The van der Waals surface area contributed by atoms with E-state index in [1.807, 2.05) is 23.0 Å². The monoisotopic (exact) mass is 388 g/mol. The molecule has 2 aromatic heterocycles. The predicted octanol–water partition coefficient (Wildman–Crippen LogP) is 3.88. The van der Waals surface area contributed by atoms with E-state index < -0.39 is 0 Å². The van der Waals surface area contributed by atoms with Crippen LogP contribution in [0.3, 0.4) is 0 Å². The first-order valence-electron chi connectivity index (χ1n) is 10.5. The Labute approximate surface area is 169 Å². The van der Waals surface area contributed by atoms with Crippen LogP contribution in [0, 0.1) is 0 Å². The molecule has 148 valence electrons. The van der Waals surface area contributed by atoms with Crippen LogP contribution in [0.15, 0.2) is 48.8 Å². The number of pyridine rings is 1. The van der Waals surface area contributed by atoms with Crippen molar-refractivity contribution in [1.82, 2.24) is 20.1 Å². The maximum absolute atomic E-state index is 6.27. The molecule has 3 atom stereocenters. The molecule has 6 rings (SSSR count). The number of hydrogen-bond donors (Lipinski definition) is 1. The number of aromatic nitrogens is 3. The molecule has 3 aromatic rings. The molecular formula is C23H24N4O2. The lowest BCUT2D eigenvalue weighted by atomic mass is 9.85. The lowest BCUT2D eigenvalue weighted by Crippen LogP contribution is -2.51. The van der Waals surface area contributed by atoms with Crippen molar-refractivity contribution in [3.05, 3.63) is 54.4 Å². The number of piperidine rings is 2. The minimum Gasteiger partial charge on any atom is -0.474 e. The Morgan fingerprint density at radius 3 is 2.76 bits per heavy atom. The minimum atomic E-state index is 0.240. The van der Waals surface area contributed by atoms with Gasteiger partial charge in [-0.05, 0) is 61.1 Å². The number of fused-ring (bicyclic) bond motifs is 5. The van der Waals surface area contributed by atoms with E-state index in [-0.39, 0.29) is 6.10 Å². The van der Waals surface area contributed by atoms with Gasteiger partial charge < -0.3 is 14.8 Å². The standard InChI is InChI=1S/C23H24N4O2/c1-3-16-12-19(13-17(4-1)25-16)29-22-8-7-21-20-6-5-18(27-10-2-9-24-27)11-15(20)14-28-23(21)26-22/h2,5-11,16-17,19,25H,1,3-4,12-14H2/t16-,17+,19?. The molecule has 0 amide bonds. The summed E-state index contributed by atoms with van der Waals surface area (Å²) in [4.78, 5) is 4.69. The quantitative estimate of drug-likeness (QED) is 0.738. The van der Waals surface area contributed by atoms with Crippen molar-refractivity contribution < 1.29 is 9.47 Å². The van der Waals surface area contributed by atoms with Gasteiger partial charge in [0, 0.05) is 36.1 Å². The zero-order chi connectivity index (χ0) is 19.2. The van der Waals surface area contributed by atoms with E-state index in [9.17, 15) is 0 Å². The van der Waals surface area contributed by atoms with E-state index in [2.05, 4.69) is 34.7 Å². The van der Waals surface area contributed by atoms with Crippen molar-refractivity contribution in [2.75, 3.05) is 0 Å². The van der Waals surface area contributed by atoms with Crippen molar-refractivity contribution in [2.24, 2.45) is 0 Å². The highest BCUT2D eigenvalue weighted by atomic mass is 16.5. The third-order valence-corrected chi connectivity index (χ3v) is 6.31. The van der Waals surface area contributed by atoms with Gasteiger partial charge in [-0.1, -0.05) is 12.5 Å². The average molecular weight is 388 g/mol. The fraction of sp³-hybridized carbons (Fsp3) is 0.391. The van der Waals surface area contributed by atoms with Crippen LogP contribution in [-0.4, -0.2) is 33.0 Å². The molecule has 3 aliphatic rings. The van der Waals surface area contributed by atoms with Crippen LogP contribution in [0.5, 0.6) is 11.8 Å². The maximum atomic E-state index is 6.27.